The number of rotatable bonds is 8. The normalized spacial score (nSPS) is 13.3. The number of amides is 2. The Kier molecular flexibility index (Phi) is 6.42. The van der Waals surface area contributed by atoms with E-state index in [1.165, 1.54) is 17.3 Å². The van der Waals surface area contributed by atoms with Crippen molar-refractivity contribution in [2.75, 3.05) is 11.1 Å². The van der Waals surface area contributed by atoms with Crippen molar-refractivity contribution in [2.24, 2.45) is 0 Å². The first-order valence-corrected chi connectivity index (χ1v) is 11.5. The van der Waals surface area contributed by atoms with Gasteiger partial charge in [0.2, 0.25) is 5.91 Å². The SMILES string of the molecule is CC(C)c1ccccc1-n1ccnc1SCC(=O)Nc1cccc(C(=O)NC2CC2)c1. The molecule has 4 rings (SSSR count). The standard InChI is InChI=1S/C24H26N4O2S/c1-16(2)20-8-3-4-9-21(20)28-13-12-25-24(28)31-15-22(29)26-19-7-5-6-17(14-19)23(30)27-18-10-11-18/h3-9,12-14,16,18H,10-11,15H2,1-2H3,(H,26,29)(H,27,30). The van der Waals surface area contributed by atoms with Crippen molar-refractivity contribution < 1.29 is 9.59 Å². The number of anilines is 1. The molecule has 7 heteroatoms. The number of nitrogens with zero attached hydrogens (tertiary/aromatic N) is 2. The first-order valence-electron chi connectivity index (χ1n) is 10.5. The Morgan fingerprint density at radius 1 is 1.16 bits per heavy atom. The van der Waals surface area contributed by atoms with Gasteiger partial charge in [-0.3, -0.25) is 14.2 Å². The topological polar surface area (TPSA) is 76.0 Å². The minimum atomic E-state index is -0.142. The molecule has 2 amide bonds. The molecule has 0 saturated heterocycles. The molecule has 0 spiro atoms. The van der Waals surface area contributed by atoms with Gasteiger partial charge >= 0.3 is 0 Å². The second-order valence-electron chi connectivity index (χ2n) is 7.96. The van der Waals surface area contributed by atoms with Crippen LogP contribution >= 0.6 is 11.8 Å². The zero-order valence-corrected chi connectivity index (χ0v) is 18.5. The summed E-state index contributed by atoms with van der Waals surface area (Å²) in [7, 11) is 0. The summed E-state index contributed by atoms with van der Waals surface area (Å²) in [6, 6.07) is 15.6. The van der Waals surface area contributed by atoms with Crippen LogP contribution in [0, 0.1) is 0 Å². The van der Waals surface area contributed by atoms with Gasteiger partial charge in [-0.1, -0.05) is 49.9 Å². The third-order valence-corrected chi connectivity index (χ3v) is 6.05. The summed E-state index contributed by atoms with van der Waals surface area (Å²) < 4.78 is 2.02. The molecule has 31 heavy (non-hydrogen) atoms. The Bertz CT molecular complexity index is 1090. The summed E-state index contributed by atoms with van der Waals surface area (Å²) >= 11 is 1.38. The molecular weight excluding hydrogens is 408 g/mol. The summed E-state index contributed by atoms with van der Waals surface area (Å²) in [5.74, 6) is 0.360. The zero-order chi connectivity index (χ0) is 21.8. The molecule has 0 radical (unpaired) electrons. The van der Waals surface area contributed by atoms with Gasteiger partial charge in [0.05, 0.1) is 11.4 Å². The fraction of sp³-hybridized carbons (Fsp3) is 0.292. The maximum Gasteiger partial charge on any atom is 0.251 e. The van der Waals surface area contributed by atoms with Crippen LogP contribution < -0.4 is 10.6 Å². The van der Waals surface area contributed by atoms with Gasteiger partial charge in [0, 0.05) is 29.7 Å². The average molecular weight is 435 g/mol. The van der Waals surface area contributed by atoms with Crippen molar-refractivity contribution in [1.29, 1.82) is 0 Å². The lowest BCUT2D eigenvalue weighted by molar-refractivity contribution is -0.113. The van der Waals surface area contributed by atoms with Crippen LogP contribution in [0.25, 0.3) is 5.69 Å². The van der Waals surface area contributed by atoms with Crippen LogP contribution in [0.2, 0.25) is 0 Å². The summed E-state index contributed by atoms with van der Waals surface area (Å²) in [5.41, 5.74) is 3.47. The Labute approximate surface area is 186 Å². The van der Waals surface area contributed by atoms with Crippen LogP contribution in [0.15, 0.2) is 66.1 Å². The maximum absolute atomic E-state index is 12.5. The predicted octanol–water partition coefficient (Wildman–Crippen LogP) is 4.62. The molecule has 1 aliphatic rings. The third-order valence-electron chi connectivity index (χ3n) is 5.08. The number of para-hydroxylation sites is 1. The number of aromatic nitrogens is 2. The molecule has 1 heterocycles. The number of benzene rings is 2. The lowest BCUT2D eigenvalue weighted by Gasteiger charge is -2.15. The molecular formula is C24H26N4O2S. The average Bonchev–Trinajstić information content (AvgIpc) is 3.45. The van der Waals surface area contributed by atoms with Crippen molar-refractivity contribution in [3.8, 4) is 5.69 Å². The second-order valence-corrected chi connectivity index (χ2v) is 8.90. The number of carbonyl (C=O) groups is 2. The van der Waals surface area contributed by atoms with Crippen LogP contribution in [0.4, 0.5) is 5.69 Å². The maximum atomic E-state index is 12.5. The fourth-order valence-corrected chi connectivity index (χ4v) is 4.10. The molecule has 0 atom stereocenters. The van der Waals surface area contributed by atoms with E-state index in [9.17, 15) is 9.59 Å². The minimum absolute atomic E-state index is 0.0983. The number of imidazole rings is 1. The van der Waals surface area contributed by atoms with Crippen LogP contribution in [0.1, 0.15) is 48.5 Å². The van der Waals surface area contributed by atoms with Crippen LogP contribution in [0.5, 0.6) is 0 Å². The molecule has 3 aromatic rings. The number of hydrogen-bond donors (Lipinski definition) is 2. The van der Waals surface area contributed by atoms with E-state index in [1.807, 2.05) is 22.9 Å². The first-order chi connectivity index (χ1) is 15.0. The van der Waals surface area contributed by atoms with Crippen molar-refractivity contribution in [1.82, 2.24) is 14.9 Å². The lowest BCUT2D eigenvalue weighted by Crippen LogP contribution is -2.25. The van der Waals surface area contributed by atoms with Gasteiger partial charge in [-0.05, 0) is 48.6 Å². The molecule has 2 aromatic carbocycles. The quantitative estimate of drug-likeness (QED) is 0.507. The Morgan fingerprint density at radius 3 is 2.74 bits per heavy atom. The fourth-order valence-electron chi connectivity index (χ4n) is 3.34. The lowest BCUT2D eigenvalue weighted by atomic mass is 10.0. The smallest absolute Gasteiger partial charge is 0.251 e. The van der Waals surface area contributed by atoms with Gasteiger partial charge < -0.3 is 10.6 Å². The molecule has 6 nitrogen and oxygen atoms in total. The minimum Gasteiger partial charge on any atom is -0.349 e. The van der Waals surface area contributed by atoms with Crippen molar-refractivity contribution in [3.63, 3.8) is 0 Å². The highest BCUT2D eigenvalue weighted by Gasteiger charge is 2.23. The highest BCUT2D eigenvalue weighted by molar-refractivity contribution is 7.99. The molecule has 1 aromatic heterocycles. The Morgan fingerprint density at radius 2 is 1.97 bits per heavy atom. The molecule has 0 unspecified atom stereocenters. The number of thioether (sulfide) groups is 1. The first kappa shape index (κ1) is 21.2. The summed E-state index contributed by atoms with van der Waals surface area (Å²) in [4.78, 5) is 29.2. The van der Waals surface area contributed by atoms with E-state index in [0.29, 0.717) is 23.2 Å². The van der Waals surface area contributed by atoms with Gasteiger partial charge in [0.15, 0.2) is 5.16 Å². The zero-order valence-electron chi connectivity index (χ0n) is 17.7. The van der Waals surface area contributed by atoms with E-state index < -0.39 is 0 Å². The van der Waals surface area contributed by atoms with E-state index in [4.69, 9.17) is 0 Å². The van der Waals surface area contributed by atoms with Crippen LogP contribution in [0.3, 0.4) is 0 Å². The van der Waals surface area contributed by atoms with Crippen LogP contribution in [-0.2, 0) is 4.79 Å². The number of hydrogen-bond acceptors (Lipinski definition) is 4. The van der Waals surface area contributed by atoms with E-state index in [2.05, 4.69) is 41.6 Å². The third kappa shape index (κ3) is 5.35. The number of nitrogens with one attached hydrogen (secondary N) is 2. The van der Waals surface area contributed by atoms with E-state index in [1.54, 1.807) is 30.5 Å². The largest absolute Gasteiger partial charge is 0.349 e. The van der Waals surface area contributed by atoms with Crippen molar-refractivity contribution in [3.05, 3.63) is 72.1 Å². The molecule has 2 N–H and O–H groups in total. The molecule has 1 fully saturated rings. The van der Waals surface area contributed by atoms with Crippen molar-refractivity contribution >= 4 is 29.3 Å². The second kappa shape index (κ2) is 9.39. The Hall–Kier alpha value is -3.06. The number of carbonyl (C=O) groups excluding carboxylic acids is 2. The van der Waals surface area contributed by atoms with E-state index in [0.717, 1.165) is 23.7 Å². The van der Waals surface area contributed by atoms with Gasteiger partial charge in [-0.2, -0.15) is 0 Å². The molecule has 1 saturated carbocycles. The van der Waals surface area contributed by atoms with Gasteiger partial charge in [0.25, 0.3) is 5.91 Å². The molecule has 160 valence electrons. The highest BCUT2D eigenvalue weighted by Crippen LogP contribution is 2.27. The van der Waals surface area contributed by atoms with Crippen LogP contribution in [-0.4, -0.2) is 33.2 Å². The summed E-state index contributed by atoms with van der Waals surface area (Å²) in [6.45, 7) is 4.32. The predicted molar refractivity (Wildman–Crippen MR) is 124 cm³/mol. The van der Waals surface area contributed by atoms with Gasteiger partial charge in [-0.15, -0.1) is 0 Å². The van der Waals surface area contributed by atoms with Gasteiger partial charge in [0.1, 0.15) is 0 Å². The van der Waals surface area contributed by atoms with E-state index >= 15 is 0 Å². The van der Waals surface area contributed by atoms with E-state index in [-0.39, 0.29) is 17.6 Å². The van der Waals surface area contributed by atoms with Crippen molar-refractivity contribution in [2.45, 2.75) is 43.8 Å². The molecule has 1 aliphatic carbocycles. The molecule has 0 aliphatic heterocycles. The molecule has 0 bridgehead atoms. The monoisotopic (exact) mass is 434 g/mol. The van der Waals surface area contributed by atoms with Gasteiger partial charge in [-0.25, -0.2) is 4.98 Å². The summed E-state index contributed by atoms with van der Waals surface area (Å²) in [6.07, 6.45) is 5.75. The Balaban J connectivity index is 1.39. The highest BCUT2D eigenvalue weighted by atomic mass is 32.2. The summed E-state index contributed by atoms with van der Waals surface area (Å²) in [5, 5.41) is 6.61.